The molecule has 4 rings (SSSR count). The lowest BCUT2D eigenvalue weighted by Crippen LogP contribution is -3.00. The zero-order valence-corrected chi connectivity index (χ0v) is 20.2. The molecule has 1 aliphatic carbocycles. The number of para-hydroxylation sites is 1. The SMILES string of the molecule is Cc1cc[n+](C2=C(Nc3c(C)cccc3C(C)C)C(=O)c3ccccc3C2=O)cc1.[I-]. The number of benzene rings is 2. The average molecular weight is 524 g/mol. The molecule has 1 aromatic heterocycles. The third-order valence-corrected chi connectivity index (χ3v) is 5.53. The molecule has 158 valence electrons. The number of carbonyl (C=O) groups excluding carboxylic acids is 2. The highest BCUT2D eigenvalue weighted by Gasteiger charge is 2.38. The van der Waals surface area contributed by atoms with Gasteiger partial charge in [-0.2, -0.15) is 4.57 Å². The lowest BCUT2D eigenvalue weighted by Gasteiger charge is -2.22. The second-order valence-corrected chi connectivity index (χ2v) is 8.03. The molecule has 0 atom stereocenters. The Morgan fingerprint density at radius 2 is 1.42 bits per heavy atom. The van der Waals surface area contributed by atoms with Gasteiger partial charge in [-0.1, -0.05) is 56.3 Å². The zero-order valence-electron chi connectivity index (χ0n) is 18.1. The van der Waals surface area contributed by atoms with Gasteiger partial charge in [0.1, 0.15) is 0 Å². The number of anilines is 1. The van der Waals surface area contributed by atoms with E-state index >= 15 is 0 Å². The molecule has 0 aliphatic heterocycles. The summed E-state index contributed by atoms with van der Waals surface area (Å²) in [6.07, 6.45) is 3.65. The molecule has 31 heavy (non-hydrogen) atoms. The topological polar surface area (TPSA) is 50.1 Å². The van der Waals surface area contributed by atoms with Crippen molar-refractivity contribution in [1.82, 2.24) is 0 Å². The van der Waals surface area contributed by atoms with E-state index in [1.54, 1.807) is 28.8 Å². The summed E-state index contributed by atoms with van der Waals surface area (Å²) in [4.78, 5) is 27.0. The lowest BCUT2D eigenvalue weighted by molar-refractivity contribution is -0.577. The number of nitrogens with zero attached hydrogens (tertiary/aromatic N) is 1. The van der Waals surface area contributed by atoms with Crippen LogP contribution in [0.1, 0.15) is 57.2 Å². The van der Waals surface area contributed by atoms with E-state index in [0.29, 0.717) is 22.5 Å². The highest BCUT2D eigenvalue weighted by Crippen LogP contribution is 2.32. The van der Waals surface area contributed by atoms with Crippen LogP contribution in [0.4, 0.5) is 5.69 Å². The maximum Gasteiger partial charge on any atom is 0.286 e. The Labute approximate surface area is 200 Å². The average Bonchev–Trinajstić information content (AvgIpc) is 2.74. The first-order valence-electron chi connectivity index (χ1n) is 10.2. The first-order valence-corrected chi connectivity index (χ1v) is 10.2. The van der Waals surface area contributed by atoms with E-state index < -0.39 is 0 Å². The van der Waals surface area contributed by atoms with Crippen molar-refractivity contribution in [3.05, 3.63) is 101 Å². The maximum atomic E-state index is 13.5. The molecule has 0 amide bonds. The summed E-state index contributed by atoms with van der Waals surface area (Å²) in [6, 6.07) is 17.0. The van der Waals surface area contributed by atoms with Crippen molar-refractivity contribution >= 4 is 23.0 Å². The molecule has 1 N–H and O–H groups in total. The van der Waals surface area contributed by atoms with E-state index in [1.807, 2.05) is 50.5 Å². The lowest BCUT2D eigenvalue weighted by atomic mass is 9.89. The highest BCUT2D eigenvalue weighted by molar-refractivity contribution is 6.36. The largest absolute Gasteiger partial charge is 1.00 e. The van der Waals surface area contributed by atoms with Crippen LogP contribution in [-0.2, 0) is 0 Å². The second kappa shape index (κ2) is 9.14. The molecular weight excluding hydrogens is 499 g/mol. The summed E-state index contributed by atoms with van der Waals surface area (Å²) in [6.45, 7) is 8.24. The second-order valence-electron chi connectivity index (χ2n) is 8.03. The highest BCUT2D eigenvalue weighted by atomic mass is 127. The summed E-state index contributed by atoms with van der Waals surface area (Å²) in [5, 5.41) is 3.37. The molecule has 0 radical (unpaired) electrons. The third kappa shape index (κ3) is 4.19. The van der Waals surface area contributed by atoms with Gasteiger partial charge in [0.25, 0.3) is 11.5 Å². The number of pyridine rings is 1. The molecule has 0 unspecified atom stereocenters. The standard InChI is InChI=1S/C26H24N2O2.HI/c1-16(2)19-11-7-8-18(4)22(19)27-23-24(28-14-12-17(3)13-15-28)26(30)21-10-6-5-9-20(21)25(23)29;/h5-16H,1-4H3;1H. The number of aromatic nitrogens is 1. The van der Waals surface area contributed by atoms with Crippen LogP contribution in [0.2, 0.25) is 0 Å². The van der Waals surface area contributed by atoms with E-state index in [2.05, 4.69) is 25.2 Å². The van der Waals surface area contributed by atoms with Gasteiger partial charge in [0.15, 0.2) is 18.1 Å². The van der Waals surface area contributed by atoms with Crippen molar-refractivity contribution in [2.24, 2.45) is 0 Å². The summed E-state index contributed by atoms with van der Waals surface area (Å²) in [7, 11) is 0. The van der Waals surface area contributed by atoms with Crippen LogP contribution in [0, 0.1) is 13.8 Å². The Hall–Kier alpha value is -2.80. The molecule has 0 fully saturated rings. The van der Waals surface area contributed by atoms with E-state index in [4.69, 9.17) is 0 Å². The van der Waals surface area contributed by atoms with Gasteiger partial charge in [-0.05, 0) is 36.5 Å². The molecule has 2 aromatic carbocycles. The van der Waals surface area contributed by atoms with Crippen molar-refractivity contribution in [2.45, 2.75) is 33.6 Å². The van der Waals surface area contributed by atoms with Gasteiger partial charge in [0.2, 0.25) is 5.78 Å². The Kier molecular flexibility index (Phi) is 6.74. The summed E-state index contributed by atoms with van der Waals surface area (Å²) >= 11 is 0. The van der Waals surface area contributed by atoms with Crippen molar-refractivity contribution in [3.63, 3.8) is 0 Å². The molecule has 3 aromatic rings. The van der Waals surface area contributed by atoms with Crippen molar-refractivity contribution in [1.29, 1.82) is 0 Å². The number of fused-ring (bicyclic) bond motifs is 1. The van der Waals surface area contributed by atoms with Gasteiger partial charge in [-0.25, -0.2) is 0 Å². The van der Waals surface area contributed by atoms with E-state index in [0.717, 1.165) is 22.4 Å². The monoisotopic (exact) mass is 524 g/mol. The molecule has 1 aliphatic rings. The molecule has 0 spiro atoms. The number of halogens is 1. The molecule has 1 heterocycles. The van der Waals surface area contributed by atoms with Gasteiger partial charge in [-0.15, -0.1) is 0 Å². The quantitative estimate of drug-likeness (QED) is 0.420. The maximum absolute atomic E-state index is 13.5. The van der Waals surface area contributed by atoms with Gasteiger partial charge < -0.3 is 29.3 Å². The number of ketones is 2. The predicted molar refractivity (Wildman–Crippen MR) is 119 cm³/mol. The van der Waals surface area contributed by atoms with Crippen LogP contribution in [0.3, 0.4) is 0 Å². The number of hydrogen-bond acceptors (Lipinski definition) is 3. The molecular formula is C26H25IN2O2. The van der Waals surface area contributed by atoms with Crippen LogP contribution >= 0.6 is 0 Å². The molecule has 0 bridgehead atoms. The minimum absolute atomic E-state index is 0. The van der Waals surface area contributed by atoms with Gasteiger partial charge in [-0.3, -0.25) is 9.59 Å². The number of allylic oxidation sites excluding steroid dienone is 2. The number of Topliss-reactive ketones (excluding diaryl/α,β-unsaturated/α-hetero) is 2. The van der Waals surface area contributed by atoms with Gasteiger partial charge in [0, 0.05) is 28.9 Å². The normalized spacial score (nSPS) is 13.2. The van der Waals surface area contributed by atoms with Crippen molar-refractivity contribution < 1.29 is 38.1 Å². The van der Waals surface area contributed by atoms with Gasteiger partial charge >= 0.3 is 0 Å². The van der Waals surface area contributed by atoms with Crippen LogP contribution in [0.25, 0.3) is 5.70 Å². The Morgan fingerprint density at radius 1 is 0.806 bits per heavy atom. The fourth-order valence-electron chi connectivity index (χ4n) is 3.84. The fourth-order valence-corrected chi connectivity index (χ4v) is 3.84. The molecule has 4 nitrogen and oxygen atoms in total. The number of hydrogen-bond donors (Lipinski definition) is 1. The zero-order chi connectivity index (χ0) is 21.4. The fraction of sp³-hybridized carbons (Fsp3) is 0.192. The third-order valence-electron chi connectivity index (χ3n) is 5.53. The van der Waals surface area contributed by atoms with Crippen molar-refractivity contribution in [3.8, 4) is 0 Å². The number of nitrogens with one attached hydrogen (secondary N) is 1. The minimum atomic E-state index is -0.175. The molecule has 5 heteroatoms. The van der Waals surface area contributed by atoms with Crippen LogP contribution in [0.15, 0.2) is 72.7 Å². The van der Waals surface area contributed by atoms with E-state index in [-0.39, 0.29) is 41.5 Å². The first-order chi connectivity index (χ1) is 14.4. The van der Waals surface area contributed by atoms with Crippen LogP contribution in [0.5, 0.6) is 0 Å². The Balaban J connectivity index is 0.00000272. The molecule has 0 saturated carbocycles. The van der Waals surface area contributed by atoms with Crippen LogP contribution in [-0.4, -0.2) is 11.6 Å². The van der Waals surface area contributed by atoms with Gasteiger partial charge in [0.05, 0.1) is 0 Å². The van der Waals surface area contributed by atoms with Crippen LogP contribution < -0.4 is 33.9 Å². The molecule has 0 saturated heterocycles. The Bertz CT molecular complexity index is 1190. The predicted octanol–water partition coefficient (Wildman–Crippen LogP) is 2.08. The first kappa shape index (κ1) is 22.9. The minimum Gasteiger partial charge on any atom is -1.00 e. The Morgan fingerprint density at radius 3 is 2.03 bits per heavy atom. The summed E-state index contributed by atoms with van der Waals surface area (Å²) < 4.78 is 1.73. The smallest absolute Gasteiger partial charge is 0.286 e. The van der Waals surface area contributed by atoms with E-state index in [1.165, 1.54) is 0 Å². The number of carbonyl (C=O) groups is 2. The summed E-state index contributed by atoms with van der Waals surface area (Å²) in [5.41, 5.74) is 5.62. The van der Waals surface area contributed by atoms with E-state index in [9.17, 15) is 9.59 Å². The number of rotatable bonds is 4. The number of aryl methyl sites for hydroxylation is 2. The van der Waals surface area contributed by atoms with Crippen molar-refractivity contribution in [2.75, 3.05) is 5.32 Å². The summed E-state index contributed by atoms with van der Waals surface area (Å²) in [5.74, 6) is -0.0716.